The molecule has 1 aliphatic carbocycles. The molecule has 1 heterocycles. The molecular weight excluding hydrogens is 298 g/mol. The summed E-state index contributed by atoms with van der Waals surface area (Å²) < 4.78 is 11.7. The Morgan fingerprint density at radius 1 is 1.00 bits per heavy atom. The molecule has 1 saturated carbocycles. The largest absolute Gasteiger partial charge is 0.497 e. The van der Waals surface area contributed by atoms with Gasteiger partial charge in [0.05, 0.1) is 7.11 Å². The Hall–Kier alpha value is -2.00. The van der Waals surface area contributed by atoms with Gasteiger partial charge in [0.1, 0.15) is 17.6 Å². The van der Waals surface area contributed by atoms with Crippen LogP contribution < -0.4 is 9.47 Å². The summed E-state index contributed by atoms with van der Waals surface area (Å²) in [4.78, 5) is 2.61. The lowest BCUT2D eigenvalue weighted by molar-refractivity contribution is 0.0339. The van der Waals surface area contributed by atoms with Gasteiger partial charge in [0.2, 0.25) is 0 Å². The molecule has 126 valence electrons. The standard InChI is InChI=1S/C21H25NO2/c1-23-19-8-5-9-20(13-19)24-21-15-22(18-11-10-17(21)12-18)14-16-6-3-2-4-7-16/h2-9,13,17-18,21H,10-12,14-15H2,1H3/t17-,18+,21-/m0/s1. The van der Waals surface area contributed by atoms with Crippen molar-refractivity contribution in [1.82, 2.24) is 4.90 Å². The second-order valence-corrected chi connectivity index (χ2v) is 6.98. The predicted molar refractivity (Wildman–Crippen MR) is 95.4 cm³/mol. The summed E-state index contributed by atoms with van der Waals surface area (Å²) in [6.07, 6.45) is 4.13. The van der Waals surface area contributed by atoms with Gasteiger partial charge in [-0.3, -0.25) is 4.90 Å². The average Bonchev–Trinajstić information content (AvgIpc) is 3.06. The zero-order valence-corrected chi connectivity index (χ0v) is 14.2. The van der Waals surface area contributed by atoms with Gasteiger partial charge in [-0.05, 0) is 42.9 Å². The van der Waals surface area contributed by atoms with Crippen LogP contribution in [0.1, 0.15) is 24.8 Å². The summed E-state index contributed by atoms with van der Waals surface area (Å²) in [5.41, 5.74) is 1.39. The van der Waals surface area contributed by atoms with E-state index in [4.69, 9.17) is 9.47 Å². The Balaban J connectivity index is 1.47. The van der Waals surface area contributed by atoms with Crippen molar-refractivity contribution in [2.75, 3.05) is 13.7 Å². The lowest BCUT2D eigenvalue weighted by Crippen LogP contribution is -2.47. The molecule has 3 nitrogen and oxygen atoms in total. The number of methoxy groups -OCH3 is 1. The van der Waals surface area contributed by atoms with Gasteiger partial charge < -0.3 is 9.47 Å². The molecule has 4 rings (SSSR count). The molecule has 24 heavy (non-hydrogen) atoms. The first-order valence-corrected chi connectivity index (χ1v) is 8.90. The van der Waals surface area contributed by atoms with Gasteiger partial charge in [0, 0.05) is 25.2 Å². The molecule has 0 spiro atoms. The summed E-state index contributed by atoms with van der Waals surface area (Å²) in [7, 11) is 1.70. The molecule has 0 aromatic heterocycles. The number of rotatable bonds is 5. The van der Waals surface area contributed by atoms with E-state index in [1.54, 1.807) is 7.11 Å². The summed E-state index contributed by atoms with van der Waals surface area (Å²) in [5.74, 6) is 2.46. The summed E-state index contributed by atoms with van der Waals surface area (Å²) in [5, 5.41) is 0. The SMILES string of the molecule is COc1cccc(O[C@H]2CN(Cc3ccccc3)[C@@H]3CC[C@H]2C3)c1. The molecule has 2 aliphatic rings. The maximum Gasteiger partial charge on any atom is 0.123 e. The van der Waals surface area contributed by atoms with Crippen LogP contribution in [0.2, 0.25) is 0 Å². The third-order valence-corrected chi connectivity index (χ3v) is 5.46. The minimum atomic E-state index is 0.277. The molecule has 1 aliphatic heterocycles. The smallest absolute Gasteiger partial charge is 0.123 e. The molecule has 3 heteroatoms. The fourth-order valence-corrected chi connectivity index (χ4v) is 4.18. The first-order valence-electron chi connectivity index (χ1n) is 8.90. The molecule has 2 aromatic carbocycles. The predicted octanol–water partition coefficient (Wildman–Crippen LogP) is 4.13. The zero-order chi connectivity index (χ0) is 16.4. The quantitative estimate of drug-likeness (QED) is 0.826. The van der Waals surface area contributed by atoms with Crippen LogP contribution in [0.15, 0.2) is 54.6 Å². The second kappa shape index (κ2) is 6.86. The minimum absolute atomic E-state index is 0.277. The lowest BCUT2D eigenvalue weighted by Gasteiger charge is -2.38. The van der Waals surface area contributed by atoms with Gasteiger partial charge in [-0.2, -0.15) is 0 Å². The number of piperidine rings is 1. The highest BCUT2D eigenvalue weighted by atomic mass is 16.5. The van der Waals surface area contributed by atoms with E-state index in [-0.39, 0.29) is 6.10 Å². The summed E-state index contributed by atoms with van der Waals surface area (Å²) in [6, 6.07) is 19.5. The Labute approximate surface area is 144 Å². The normalized spacial score (nSPS) is 26.3. The highest BCUT2D eigenvalue weighted by Gasteiger charge is 2.41. The van der Waals surface area contributed by atoms with Gasteiger partial charge in [-0.15, -0.1) is 0 Å². The van der Waals surface area contributed by atoms with E-state index in [2.05, 4.69) is 35.2 Å². The molecule has 0 amide bonds. The first kappa shape index (κ1) is 15.5. The fourth-order valence-electron chi connectivity index (χ4n) is 4.18. The van der Waals surface area contributed by atoms with Crippen molar-refractivity contribution in [3.05, 3.63) is 60.2 Å². The molecule has 2 bridgehead atoms. The van der Waals surface area contributed by atoms with Crippen molar-refractivity contribution in [3.8, 4) is 11.5 Å². The van der Waals surface area contributed by atoms with Gasteiger partial charge in [0.15, 0.2) is 0 Å². The number of nitrogens with zero attached hydrogens (tertiary/aromatic N) is 1. The molecule has 2 aromatic rings. The number of fused-ring (bicyclic) bond motifs is 2. The number of hydrogen-bond donors (Lipinski definition) is 0. The van der Waals surface area contributed by atoms with Crippen LogP contribution in [0.4, 0.5) is 0 Å². The summed E-state index contributed by atoms with van der Waals surface area (Å²) in [6.45, 7) is 2.04. The van der Waals surface area contributed by atoms with Crippen molar-refractivity contribution in [3.63, 3.8) is 0 Å². The first-order chi connectivity index (χ1) is 11.8. The van der Waals surface area contributed by atoms with Crippen LogP contribution in [0.25, 0.3) is 0 Å². The minimum Gasteiger partial charge on any atom is -0.497 e. The van der Waals surface area contributed by atoms with E-state index in [9.17, 15) is 0 Å². The maximum absolute atomic E-state index is 6.37. The highest BCUT2D eigenvalue weighted by Crippen LogP contribution is 2.39. The maximum atomic E-state index is 6.37. The topological polar surface area (TPSA) is 21.7 Å². The second-order valence-electron chi connectivity index (χ2n) is 6.98. The molecule has 1 saturated heterocycles. The molecular formula is C21H25NO2. The number of likely N-dealkylation sites (tertiary alicyclic amines) is 1. The Morgan fingerprint density at radius 2 is 1.83 bits per heavy atom. The van der Waals surface area contributed by atoms with Crippen molar-refractivity contribution in [1.29, 1.82) is 0 Å². The molecule has 0 radical (unpaired) electrons. The van der Waals surface area contributed by atoms with Crippen molar-refractivity contribution >= 4 is 0 Å². The van der Waals surface area contributed by atoms with Gasteiger partial charge in [0.25, 0.3) is 0 Å². The molecule has 3 atom stereocenters. The van der Waals surface area contributed by atoms with Crippen LogP contribution in [-0.4, -0.2) is 30.7 Å². The monoisotopic (exact) mass is 323 g/mol. The Morgan fingerprint density at radius 3 is 2.67 bits per heavy atom. The van der Waals surface area contributed by atoms with Gasteiger partial charge in [-0.1, -0.05) is 36.4 Å². The van der Waals surface area contributed by atoms with E-state index < -0.39 is 0 Å². The number of benzene rings is 2. The number of hydrogen-bond acceptors (Lipinski definition) is 3. The number of ether oxygens (including phenoxy) is 2. The fraction of sp³-hybridized carbons (Fsp3) is 0.429. The van der Waals surface area contributed by atoms with Crippen molar-refractivity contribution in [2.45, 2.75) is 38.0 Å². The lowest BCUT2D eigenvalue weighted by atomic mass is 9.95. The van der Waals surface area contributed by atoms with Crippen LogP contribution >= 0.6 is 0 Å². The Bertz CT molecular complexity index is 673. The van der Waals surface area contributed by atoms with E-state index in [0.717, 1.165) is 30.6 Å². The average molecular weight is 323 g/mol. The van der Waals surface area contributed by atoms with Gasteiger partial charge >= 0.3 is 0 Å². The van der Waals surface area contributed by atoms with Crippen LogP contribution in [0, 0.1) is 5.92 Å². The molecule has 0 N–H and O–H groups in total. The van der Waals surface area contributed by atoms with E-state index in [1.807, 2.05) is 24.3 Å². The van der Waals surface area contributed by atoms with E-state index >= 15 is 0 Å². The van der Waals surface area contributed by atoms with Crippen LogP contribution in [-0.2, 0) is 6.54 Å². The van der Waals surface area contributed by atoms with Crippen LogP contribution in [0.5, 0.6) is 11.5 Å². The third kappa shape index (κ3) is 3.27. The van der Waals surface area contributed by atoms with Crippen LogP contribution in [0.3, 0.4) is 0 Å². The van der Waals surface area contributed by atoms with E-state index in [0.29, 0.717) is 5.92 Å². The molecule has 0 unspecified atom stereocenters. The van der Waals surface area contributed by atoms with Crippen molar-refractivity contribution in [2.24, 2.45) is 5.92 Å². The van der Waals surface area contributed by atoms with Gasteiger partial charge in [-0.25, -0.2) is 0 Å². The van der Waals surface area contributed by atoms with Crippen molar-refractivity contribution < 1.29 is 9.47 Å². The zero-order valence-electron chi connectivity index (χ0n) is 14.2. The van der Waals surface area contributed by atoms with E-state index in [1.165, 1.54) is 24.8 Å². The Kier molecular flexibility index (Phi) is 4.44. The highest BCUT2D eigenvalue weighted by molar-refractivity contribution is 5.33. The molecule has 2 fully saturated rings. The third-order valence-electron chi connectivity index (χ3n) is 5.46. The summed E-state index contributed by atoms with van der Waals surface area (Å²) >= 11 is 0.